The van der Waals surface area contributed by atoms with E-state index in [0.717, 1.165) is 13.8 Å². The van der Waals surface area contributed by atoms with Gasteiger partial charge in [0.05, 0.1) is 0 Å². The third-order valence-corrected chi connectivity index (χ3v) is 1.41. The van der Waals surface area contributed by atoms with Crippen LogP contribution >= 0.6 is 12.4 Å². The lowest BCUT2D eigenvalue weighted by Gasteiger charge is -2.24. The minimum Gasteiger partial charge on any atom is -0.294 e. The summed E-state index contributed by atoms with van der Waals surface area (Å²) >= 11 is 0. The van der Waals surface area contributed by atoms with Gasteiger partial charge in [-0.2, -0.15) is 13.2 Å². The lowest BCUT2D eigenvalue weighted by Crippen LogP contribution is -2.49. The zero-order valence-corrected chi connectivity index (χ0v) is 7.34. The van der Waals surface area contributed by atoms with Crippen molar-refractivity contribution in [2.45, 2.75) is 20.0 Å². The highest BCUT2D eigenvalue weighted by molar-refractivity contribution is 5.85. The maximum Gasteiger partial charge on any atom is 0.402 e. The van der Waals surface area contributed by atoms with Gasteiger partial charge in [0.1, 0.15) is 5.41 Å². The van der Waals surface area contributed by atoms with Crippen molar-refractivity contribution in [3.63, 3.8) is 0 Å². The molecule has 1 amide bonds. The van der Waals surface area contributed by atoms with E-state index >= 15 is 0 Å². The van der Waals surface area contributed by atoms with Gasteiger partial charge in [-0.05, 0) is 13.8 Å². The van der Waals surface area contributed by atoms with E-state index < -0.39 is 17.5 Å². The number of amides is 1. The number of nitrogens with two attached hydrogens (primary N) is 1. The first-order valence-corrected chi connectivity index (χ1v) is 2.81. The fourth-order valence-corrected chi connectivity index (χ4v) is 0.309. The standard InChI is InChI=1S/C5H9F3N2O.ClH/c1-4(2,3(11)10-9)5(6,7)8;/h9H2,1-2H3,(H,10,11);1H. The van der Waals surface area contributed by atoms with Gasteiger partial charge in [-0.1, -0.05) is 0 Å². The minimum absolute atomic E-state index is 0. The Labute approximate surface area is 73.9 Å². The molecule has 0 saturated heterocycles. The predicted octanol–water partition coefficient (Wildman–Crippen LogP) is 0.987. The second kappa shape index (κ2) is 3.95. The molecule has 0 heterocycles. The van der Waals surface area contributed by atoms with E-state index in [1.54, 1.807) is 0 Å². The molecule has 0 aromatic heterocycles. The molecule has 0 aromatic carbocycles. The topological polar surface area (TPSA) is 55.1 Å². The SMILES string of the molecule is CC(C)(C(=O)NN)C(F)(F)F.Cl. The van der Waals surface area contributed by atoms with Crippen LogP contribution in [0, 0.1) is 5.41 Å². The fraction of sp³-hybridized carbons (Fsp3) is 0.800. The van der Waals surface area contributed by atoms with Gasteiger partial charge in [-0.25, -0.2) is 5.84 Å². The molecule has 74 valence electrons. The van der Waals surface area contributed by atoms with E-state index in [-0.39, 0.29) is 12.4 Å². The molecule has 0 aromatic rings. The molecule has 0 aliphatic heterocycles. The molecule has 7 heteroatoms. The molecule has 0 fully saturated rings. The molecule has 0 saturated carbocycles. The molecular formula is C5H10ClF3N2O. The number of hydrazine groups is 1. The average molecular weight is 207 g/mol. The molecule has 0 bridgehead atoms. The normalized spacial score (nSPS) is 11.8. The van der Waals surface area contributed by atoms with Crippen molar-refractivity contribution in [3.8, 4) is 0 Å². The van der Waals surface area contributed by atoms with E-state index in [1.807, 2.05) is 0 Å². The van der Waals surface area contributed by atoms with E-state index in [4.69, 9.17) is 0 Å². The number of rotatable bonds is 1. The Morgan fingerprint density at radius 3 is 1.75 bits per heavy atom. The first kappa shape index (κ1) is 14.1. The summed E-state index contributed by atoms with van der Waals surface area (Å²) in [6.07, 6.45) is -4.57. The van der Waals surface area contributed by atoms with Crippen LogP contribution in [0.3, 0.4) is 0 Å². The van der Waals surface area contributed by atoms with Crippen molar-refractivity contribution in [3.05, 3.63) is 0 Å². The number of hydrogen-bond donors (Lipinski definition) is 2. The van der Waals surface area contributed by atoms with Crippen molar-refractivity contribution in [2.75, 3.05) is 0 Å². The monoisotopic (exact) mass is 206 g/mol. The largest absolute Gasteiger partial charge is 0.402 e. The molecule has 0 spiro atoms. The number of carbonyl (C=O) groups is 1. The van der Waals surface area contributed by atoms with Crippen LogP contribution < -0.4 is 11.3 Å². The van der Waals surface area contributed by atoms with E-state index in [0.29, 0.717) is 0 Å². The van der Waals surface area contributed by atoms with Crippen LogP contribution in [0.4, 0.5) is 13.2 Å². The summed E-state index contributed by atoms with van der Waals surface area (Å²) in [6.45, 7) is 1.52. The quantitative estimate of drug-likeness (QED) is 0.382. The van der Waals surface area contributed by atoms with Crippen LogP contribution in [-0.2, 0) is 4.79 Å². The molecular weight excluding hydrogens is 197 g/mol. The van der Waals surface area contributed by atoms with E-state index in [9.17, 15) is 18.0 Å². The Morgan fingerprint density at radius 1 is 1.33 bits per heavy atom. The highest BCUT2D eigenvalue weighted by Gasteiger charge is 2.52. The average Bonchev–Trinajstić information content (AvgIpc) is 1.83. The Morgan fingerprint density at radius 2 is 1.67 bits per heavy atom. The second-order valence-electron chi connectivity index (χ2n) is 2.60. The summed E-state index contributed by atoms with van der Waals surface area (Å²) in [5, 5.41) is 0. The van der Waals surface area contributed by atoms with E-state index in [2.05, 4.69) is 5.84 Å². The maximum absolute atomic E-state index is 12.0. The number of hydrogen-bond acceptors (Lipinski definition) is 2. The van der Waals surface area contributed by atoms with Gasteiger partial charge in [0.2, 0.25) is 5.91 Å². The molecule has 0 unspecified atom stereocenters. The van der Waals surface area contributed by atoms with Gasteiger partial charge in [0.15, 0.2) is 0 Å². The van der Waals surface area contributed by atoms with Crippen molar-refractivity contribution < 1.29 is 18.0 Å². The summed E-state index contributed by atoms with van der Waals surface area (Å²) in [5.41, 5.74) is -0.976. The van der Waals surface area contributed by atoms with Crippen molar-refractivity contribution in [1.29, 1.82) is 0 Å². The molecule has 0 rings (SSSR count). The maximum atomic E-state index is 12.0. The van der Waals surface area contributed by atoms with Gasteiger partial charge in [0, 0.05) is 0 Å². The predicted molar refractivity (Wildman–Crippen MR) is 39.4 cm³/mol. The fourth-order valence-electron chi connectivity index (χ4n) is 0.309. The van der Waals surface area contributed by atoms with Crippen LogP contribution in [0.25, 0.3) is 0 Å². The highest BCUT2D eigenvalue weighted by Crippen LogP contribution is 2.37. The highest BCUT2D eigenvalue weighted by atomic mass is 35.5. The Bertz CT molecular complexity index is 169. The van der Waals surface area contributed by atoms with Gasteiger partial charge in [0.25, 0.3) is 0 Å². The van der Waals surface area contributed by atoms with Crippen molar-refractivity contribution >= 4 is 18.3 Å². The molecule has 3 nitrogen and oxygen atoms in total. The lowest BCUT2D eigenvalue weighted by atomic mass is 9.92. The van der Waals surface area contributed by atoms with E-state index in [1.165, 1.54) is 5.43 Å². The zero-order chi connectivity index (χ0) is 9.28. The van der Waals surface area contributed by atoms with Crippen LogP contribution in [0.2, 0.25) is 0 Å². The smallest absolute Gasteiger partial charge is 0.294 e. The number of halogens is 4. The Balaban J connectivity index is 0. The summed E-state index contributed by atoms with van der Waals surface area (Å²) in [6, 6.07) is 0. The third-order valence-electron chi connectivity index (χ3n) is 1.41. The van der Waals surface area contributed by atoms with Gasteiger partial charge in [-0.15, -0.1) is 12.4 Å². The summed E-state index contributed by atoms with van der Waals surface area (Å²) in [7, 11) is 0. The van der Waals surface area contributed by atoms with Crippen LogP contribution in [0.1, 0.15) is 13.8 Å². The number of alkyl halides is 3. The van der Waals surface area contributed by atoms with Crippen LogP contribution in [0.15, 0.2) is 0 Å². The van der Waals surface area contributed by atoms with Crippen LogP contribution in [0.5, 0.6) is 0 Å². The number of nitrogens with one attached hydrogen (secondary N) is 1. The van der Waals surface area contributed by atoms with Crippen LogP contribution in [-0.4, -0.2) is 12.1 Å². The zero-order valence-electron chi connectivity index (χ0n) is 6.53. The second-order valence-corrected chi connectivity index (χ2v) is 2.60. The van der Waals surface area contributed by atoms with Gasteiger partial charge in [-0.3, -0.25) is 10.2 Å². The summed E-state index contributed by atoms with van der Waals surface area (Å²) in [5.74, 6) is 3.31. The molecule has 0 aliphatic rings. The van der Waals surface area contributed by atoms with Crippen molar-refractivity contribution in [1.82, 2.24) is 5.43 Å². The summed E-state index contributed by atoms with van der Waals surface area (Å²) in [4.78, 5) is 10.5. The summed E-state index contributed by atoms with van der Waals surface area (Å²) < 4.78 is 35.9. The van der Waals surface area contributed by atoms with Gasteiger partial charge >= 0.3 is 6.18 Å². The number of carbonyl (C=O) groups excluding carboxylic acids is 1. The molecule has 0 radical (unpaired) electrons. The molecule has 12 heavy (non-hydrogen) atoms. The first-order valence-electron chi connectivity index (χ1n) is 2.81. The molecule has 0 aliphatic carbocycles. The lowest BCUT2D eigenvalue weighted by molar-refractivity contribution is -0.211. The first-order chi connectivity index (χ1) is 4.73. The Hall–Kier alpha value is -0.490. The van der Waals surface area contributed by atoms with Gasteiger partial charge < -0.3 is 0 Å². The Kier molecular flexibility index (Phi) is 4.63. The molecule has 0 atom stereocenters. The molecule has 3 N–H and O–H groups in total. The van der Waals surface area contributed by atoms with Crippen molar-refractivity contribution in [2.24, 2.45) is 11.3 Å². The minimum atomic E-state index is -4.57. The third kappa shape index (κ3) is 2.53.